The summed E-state index contributed by atoms with van der Waals surface area (Å²) in [6.07, 6.45) is 0. The van der Waals surface area contributed by atoms with Gasteiger partial charge in [-0.3, -0.25) is 19.7 Å². The number of carbonyl (C=O) groups excluding carboxylic acids is 2. The molecule has 1 aliphatic rings. The van der Waals surface area contributed by atoms with Crippen molar-refractivity contribution >= 4 is 23.1 Å². The molecular formula is C12H12N2O4. The third-order valence-corrected chi connectivity index (χ3v) is 2.97. The molecule has 1 aromatic rings. The van der Waals surface area contributed by atoms with Crippen LogP contribution < -0.4 is 5.32 Å². The average Bonchev–Trinajstić information content (AvgIpc) is 2.27. The van der Waals surface area contributed by atoms with Gasteiger partial charge in [-0.2, -0.15) is 0 Å². The first-order valence-electron chi connectivity index (χ1n) is 5.55. The van der Waals surface area contributed by atoms with Crippen LogP contribution in [0.4, 0.5) is 11.4 Å². The Balaban J connectivity index is 2.51. The molecule has 6 heteroatoms. The standard InChI is InChI=1S/C12H12N2O4/c1-6(2)10-11(15)8-5-7(14(17)18)3-4-9(8)13-12(10)16/h3-6,10H,1-2H3,(H,13,16). The molecule has 18 heavy (non-hydrogen) atoms. The minimum atomic E-state index is -0.778. The molecule has 6 nitrogen and oxygen atoms in total. The summed E-state index contributed by atoms with van der Waals surface area (Å²) in [7, 11) is 0. The lowest BCUT2D eigenvalue weighted by Crippen LogP contribution is -2.38. The number of non-ortho nitro benzene ring substituents is 1. The Morgan fingerprint density at radius 3 is 2.56 bits per heavy atom. The van der Waals surface area contributed by atoms with Crippen LogP contribution in [0.2, 0.25) is 0 Å². The molecule has 0 aliphatic carbocycles. The molecular weight excluding hydrogens is 236 g/mol. The lowest BCUT2D eigenvalue weighted by atomic mass is 9.84. The molecule has 1 heterocycles. The van der Waals surface area contributed by atoms with E-state index in [1.807, 2.05) is 0 Å². The van der Waals surface area contributed by atoms with E-state index in [0.717, 1.165) is 0 Å². The second-order valence-corrected chi connectivity index (χ2v) is 4.56. The molecule has 1 N–H and O–H groups in total. The van der Waals surface area contributed by atoms with Gasteiger partial charge in [0.25, 0.3) is 5.69 Å². The quantitative estimate of drug-likeness (QED) is 0.492. The Kier molecular flexibility index (Phi) is 2.86. The number of nitro groups is 1. The molecule has 2 rings (SSSR count). The van der Waals surface area contributed by atoms with Gasteiger partial charge < -0.3 is 5.32 Å². The van der Waals surface area contributed by atoms with Gasteiger partial charge in [0.15, 0.2) is 5.78 Å². The normalized spacial score (nSPS) is 18.5. The van der Waals surface area contributed by atoms with Gasteiger partial charge in [-0.1, -0.05) is 13.8 Å². The number of hydrogen-bond acceptors (Lipinski definition) is 4. The molecule has 0 saturated carbocycles. The van der Waals surface area contributed by atoms with Crippen molar-refractivity contribution in [2.24, 2.45) is 11.8 Å². The van der Waals surface area contributed by atoms with Crippen molar-refractivity contribution in [3.05, 3.63) is 33.9 Å². The number of amides is 1. The first-order valence-corrected chi connectivity index (χ1v) is 5.55. The SMILES string of the molecule is CC(C)C1C(=O)Nc2ccc([N+](=O)[O-])cc2C1=O. The average molecular weight is 248 g/mol. The van der Waals surface area contributed by atoms with Crippen LogP contribution in [0.1, 0.15) is 24.2 Å². The van der Waals surface area contributed by atoms with Gasteiger partial charge in [-0.05, 0) is 12.0 Å². The molecule has 1 amide bonds. The topological polar surface area (TPSA) is 89.3 Å². The number of hydrogen-bond donors (Lipinski definition) is 1. The molecule has 1 aromatic carbocycles. The van der Waals surface area contributed by atoms with Gasteiger partial charge in [-0.25, -0.2) is 0 Å². The molecule has 0 fully saturated rings. The third kappa shape index (κ3) is 1.85. The van der Waals surface area contributed by atoms with E-state index in [1.165, 1.54) is 18.2 Å². The summed E-state index contributed by atoms with van der Waals surface area (Å²) < 4.78 is 0. The highest BCUT2D eigenvalue weighted by Gasteiger charge is 2.37. The molecule has 0 spiro atoms. The molecule has 94 valence electrons. The number of nitrogens with zero attached hydrogens (tertiary/aromatic N) is 1. The molecule has 0 saturated heterocycles. The van der Waals surface area contributed by atoms with E-state index < -0.39 is 10.8 Å². The fraction of sp³-hybridized carbons (Fsp3) is 0.333. The number of anilines is 1. The Morgan fingerprint density at radius 2 is 2.00 bits per heavy atom. The Bertz CT molecular complexity index is 551. The fourth-order valence-corrected chi connectivity index (χ4v) is 2.06. The highest BCUT2D eigenvalue weighted by atomic mass is 16.6. The molecule has 1 aliphatic heterocycles. The first-order chi connectivity index (χ1) is 8.41. The zero-order chi connectivity index (χ0) is 13.4. The van der Waals surface area contributed by atoms with Crippen molar-refractivity contribution in [3.8, 4) is 0 Å². The zero-order valence-corrected chi connectivity index (χ0v) is 9.97. The van der Waals surface area contributed by atoms with Crippen molar-refractivity contribution in [1.29, 1.82) is 0 Å². The number of nitro benzene ring substituents is 1. The van der Waals surface area contributed by atoms with Gasteiger partial charge >= 0.3 is 0 Å². The van der Waals surface area contributed by atoms with Crippen LogP contribution in [-0.2, 0) is 4.79 Å². The Morgan fingerprint density at radius 1 is 1.33 bits per heavy atom. The number of benzene rings is 1. The number of ketones is 1. The van der Waals surface area contributed by atoms with Crippen LogP contribution in [0.5, 0.6) is 0 Å². The van der Waals surface area contributed by atoms with Crippen molar-refractivity contribution in [2.75, 3.05) is 5.32 Å². The van der Waals surface area contributed by atoms with Crippen molar-refractivity contribution in [1.82, 2.24) is 0 Å². The van der Waals surface area contributed by atoms with Crippen LogP contribution in [0.25, 0.3) is 0 Å². The number of fused-ring (bicyclic) bond motifs is 1. The minimum absolute atomic E-state index is 0.148. The summed E-state index contributed by atoms with van der Waals surface area (Å²) in [4.78, 5) is 34.0. The van der Waals surface area contributed by atoms with Gasteiger partial charge in [0.1, 0.15) is 5.92 Å². The molecule has 0 radical (unpaired) electrons. The summed E-state index contributed by atoms with van der Waals surface area (Å²) in [5, 5.41) is 13.3. The van der Waals surface area contributed by atoms with E-state index in [2.05, 4.69) is 5.32 Å². The van der Waals surface area contributed by atoms with E-state index in [1.54, 1.807) is 13.8 Å². The van der Waals surface area contributed by atoms with E-state index >= 15 is 0 Å². The van der Waals surface area contributed by atoms with Crippen LogP contribution in [0.15, 0.2) is 18.2 Å². The maximum atomic E-state index is 12.2. The number of nitrogens with one attached hydrogen (secondary N) is 1. The van der Waals surface area contributed by atoms with Gasteiger partial charge in [0.05, 0.1) is 10.6 Å². The van der Waals surface area contributed by atoms with Gasteiger partial charge in [0.2, 0.25) is 5.91 Å². The summed E-state index contributed by atoms with van der Waals surface area (Å²) >= 11 is 0. The van der Waals surface area contributed by atoms with Crippen molar-refractivity contribution < 1.29 is 14.5 Å². The highest BCUT2D eigenvalue weighted by molar-refractivity contribution is 6.21. The molecule has 1 unspecified atom stereocenters. The predicted molar refractivity (Wildman–Crippen MR) is 64.4 cm³/mol. The highest BCUT2D eigenvalue weighted by Crippen LogP contribution is 2.31. The third-order valence-electron chi connectivity index (χ3n) is 2.97. The maximum Gasteiger partial charge on any atom is 0.270 e. The van der Waals surface area contributed by atoms with Gasteiger partial charge in [0, 0.05) is 17.7 Å². The van der Waals surface area contributed by atoms with Crippen LogP contribution >= 0.6 is 0 Å². The summed E-state index contributed by atoms with van der Waals surface area (Å²) in [6.45, 7) is 3.54. The van der Waals surface area contributed by atoms with Crippen LogP contribution in [0.3, 0.4) is 0 Å². The molecule has 0 bridgehead atoms. The zero-order valence-electron chi connectivity index (χ0n) is 9.97. The van der Waals surface area contributed by atoms with Crippen LogP contribution in [0, 0.1) is 22.0 Å². The van der Waals surface area contributed by atoms with Gasteiger partial charge in [-0.15, -0.1) is 0 Å². The Hall–Kier alpha value is -2.24. The second-order valence-electron chi connectivity index (χ2n) is 4.56. The molecule has 1 atom stereocenters. The van der Waals surface area contributed by atoms with E-state index in [0.29, 0.717) is 5.69 Å². The largest absolute Gasteiger partial charge is 0.325 e. The summed E-state index contributed by atoms with van der Waals surface area (Å²) in [6, 6.07) is 3.87. The fourth-order valence-electron chi connectivity index (χ4n) is 2.06. The maximum absolute atomic E-state index is 12.2. The lowest BCUT2D eigenvalue weighted by Gasteiger charge is -2.25. The van der Waals surface area contributed by atoms with Crippen LogP contribution in [-0.4, -0.2) is 16.6 Å². The summed E-state index contributed by atoms with van der Waals surface area (Å²) in [5.74, 6) is -1.63. The van der Waals surface area contributed by atoms with Crippen molar-refractivity contribution in [3.63, 3.8) is 0 Å². The minimum Gasteiger partial charge on any atom is -0.325 e. The second kappa shape index (κ2) is 4.21. The number of carbonyl (C=O) groups is 2. The summed E-state index contributed by atoms with van der Waals surface area (Å²) in [5.41, 5.74) is 0.399. The smallest absolute Gasteiger partial charge is 0.270 e. The predicted octanol–water partition coefficient (Wildman–Crippen LogP) is 2.00. The monoisotopic (exact) mass is 248 g/mol. The lowest BCUT2D eigenvalue weighted by molar-refractivity contribution is -0.384. The Labute approximate surface area is 103 Å². The van der Waals surface area contributed by atoms with Crippen molar-refractivity contribution in [2.45, 2.75) is 13.8 Å². The van der Waals surface area contributed by atoms with E-state index in [-0.39, 0.29) is 28.9 Å². The number of Topliss-reactive ketones (excluding diaryl/α,β-unsaturated/α-hetero) is 1. The van der Waals surface area contributed by atoms with E-state index in [4.69, 9.17) is 0 Å². The molecule has 0 aromatic heterocycles. The number of rotatable bonds is 2. The van der Waals surface area contributed by atoms with E-state index in [9.17, 15) is 19.7 Å². The first kappa shape index (κ1) is 12.2.